The van der Waals surface area contributed by atoms with Crippen LogP contribution in [0.2, 0.25) is 0 Å². The highest BCUT2D eigenvalue weighted by atomic mass is 79.9. The standard InChI is InChI=1S/C17H18BrN3O3/c1-2-23-15-8-4-3-7-14(15)20-17(22)21-10-12(11-21)24-16-13(18)6-5-9-19-16/h3-9,12H,2,10-11H2,1H3,(H,20,22). The summed E-state index contributed by atoms with van der Waals surface area (Å²) < 4.78 is 12.1. The molecular weight excluding hydrogens is 374 g/mol. The number of aromatic nitrogens is 1. The number of urea groups is 1. The molecule has 0 aliphatic carbocycles. The first-order chi connectivity index (χ1) is 11.7. The van der Waals surface area contributed by atoms with E-state index in [0.29, 0.717) is 37.0 Å². The highest BCUT2D eigenvalue weighted by Gasteiger charge is 2.33. The van der Waals surface area contributed by atoms with E-state index in [1.165, 1.54) is 0 Å². The lowest BCUT2D eigenvalue weighted by molar-refractivity contribution is 0.0455. The van der Waals surface area contributed by atoms with Crippen molar-refractivity contribution in [2.45, 2.75) is 13.0 Å². The molecule has 1 aromatic heterocycles. The third kappa shape index (κ3) is 3.79. The van der Waals surface area contributed by atoms with Gasteiger partial charge in [-0.05, 0) is 47.1 Å². The van der Waals surface area contributed by atoms with E-state index in [9.17, 15) is 4.79 Å². The van der Waals surface area contributed by atoms with E-state index >= 15 is 0 Å². The van der Waals surface area contributed by atoms with Crippen LogP contribution in [0.1, 0.15) is 6.92 Å². The number of halogens is 1. The SMILES string of the molecule is CCOc1ccccc1NC(=O)N1CC(Oc2ncccc2Br)C1. The molecule has 0 unspecified atom stereocenters. The lowest BCUT2D eigenvalue weighted by Gasteiger charge is -2.38. The summed E-state index contributed by atoms with van der Waals surface area (Å²) in [5, 5.41) is 2.87. The minimum atomic E-state index is -0.165. The van der Waals surface area contributed by atoms with E-state index in [0.717, 1.165) is 4.47 Å². The molecule has 1 aliphatic heterocycles. The summed E-state index contributed by atoms with van der Waals surface area (Å²) in [6.07, 6.45) is 1.62. The molecule has 0 saturated carbocycles. The van der Waals surface area contributed by atoms with Crippen LogP contribution >= 0.6 is 15.9 Å². The van der Waals surface area contributed by atoms with E-state index < -0.39 is 0 Å². The number of rotatable bonds is 5. The van der Waals surface area contributed by atoms with Gasteiger partial charge in [-0.1, -0.05) is 12.1 Å². The number of ether oxygens (including phenoxy) is 2. The Bertz CT molecular complexity index is 720. The Morgan fingerprint density at radius 2 is 2.12 bits per heavy atom. The third-order valence-corrected chi connectivity index (χ3v) is 4.17. The van der Waals surface area contributed by atoms with Crippen molar-refractivity contribution in [3.8, 4) is 11.6 Å². The van der Waals surface area contributed by atoms with Crippen LogP contribution in [-0.4, -0.2) is 41.7 Å². The predicted molar refractivity (Wildman–Crippen MR) is 94.6 cm³/mol. The fourth-order valence-corrected chi connectivity index (χ4v) is 2.69. The first-order valence-electron chi connectivity index (χ1n) is 7.72. The lowest BCUT2D eigenvalue weighted by Crippen LogP contribution is -2.57. The first-order valence-corrected chi connectivity index (χ1v) is 8.51. The Morgan fingerprint density at radius 3 is 2.88 bits per heavy atom. The van der Waals surface area contributed by atoms with Crippen molar-refractivity contribution in [2.24, 2.45) is 0 Å². The number of hydrogen-bond acceptors (Lipinski definition) is 4. The minimum absolute atomic E-state index is 0.0518. The molecule has 3 rings (SSSR count). The summed E-state index contributed by atoms with van der Waals surface area (Å²) in [6, 6.07) is 10.9. The van der Waals surface area contributed by atoms with Crippen LogP contribution in [0.15, 0.2) is 47.1 Å². The molecule has 2 amide bonds. The number of pyridine rings is 1. The molecule has 1 aromatic carbocycles. The highest BCUT2D eigenvalue weighted by Crippen LogP contribution is 2.26. The van der Waals surface area contributed by atoms with Gasteiger partial charge in [-0.3, -0.25) is 0 Å². The molecule has 6 nitrogen and oxygen atoms in total. The van der Waals surface area contributed by atoms with Gasteiger partial charge in [0.2, 0.25) is 5.88 Å². The number of anilines is 1. The van der Waals surface area contributed by atoms with Gasteiger partial charge in [-0.15, -0.1) is 0 Å². The van der Waals surface area contributed by atoms with Gasteiger partial charge in [-0.2, -0.15) is 0 Å². The summed E-state index contributed by atoms with van der Waals surface area (Å²) in [4.78, 5) is 18.1. The van der Waals surface area contributed by atoms with Crippen LogP contribution in [0.3, 0.4) is 0 Å². The maximum atomic E-state index is 12.3. The Labute approximate surface area is 148 Å². The van der Waals surface area contributed by atoms with Crippen LogP contribution in [0.4, 0.5) is 10.5 Å². The summed E-state index contributed by atoms with van der Waals surface area (Å²) >= 11 is 3.39. The van der Waals surface area contributed by atoms with Crippen LogP contribution in [0.5, 0.6) is 11.6 Å². The van der Waals surface area contributed by atoms with Crippen molar-refractivity contribution in [2.75, 3.05) is 25.0 Å². The van der Waals surface area contributed by atoms with Crippen molar-refractivity contribution in [3.05, 3.63) is 47.1 Å². The second-order valence-electron chi connectivity index (χ2n) is 5.29. The molecule has 126 valence electrons. The number of amides is 2. The van der Waals surface area contributed by atoms with Gasteiger partial charge in [-0.25, -0.2) is 9.78 Å². The molecule has 1 saturated heterocycles. The molecule has 0 atom stereocenters. The Kier molecular flexibility index (Phi) is 5.20. The fourth-order valence-electron chi connectivity index (χ4n) is 2.34. The summed E-state index contributed by atoms with van der Waals surface area (Å²) in [5.41, 5.74) is 0.668. The minimum Gasteiger partial charge on any atom is -0.492 e. The van der Waals surface area contributed by atoms with Gasteiger partial charge in [0.1, 0.15) is 11.9 Å². The van der Waals surface area contributed by atoms with E-state index in [4.69, 9.17) is 9.47 Å². The zero-order valence-corrected chi connectivity index (χ0v) is 14.8. The zero-order chi connectivity index (χ0) is 16.9. The van der Waals surface area contributed by atoms with Crippen LogP contribution in [0.25, 0.3) is 0 Å². The van der Waals surface area contributed by atoms with Crippen molar-refractivity contribution in [1.82, 2.24) is 9.88 Å². The van der Waals surface area contributed by atoms with Crippen molar-refractivity contribution >= 4 is 27.6 Å². The largest absolute Gasteiger partial charge is 0.492 e. The summed E-state index contributed by atoms with van der Waals surface area (Å²) in [5.74, 6) is 1.21. The molecule has 1 fully saturated rings. The summed E-state index contributed by atoms with van der Waals surface area (Å²) in [6.45, 7) is 3.49. The van der Waals surface area contributed by atoms with Crippen molar-refractivity contribution in [3.63, 3.8) is 0 Å². The number of benzene rings is 1. The maximum absolute atomic E-state index is 12.3. The average molecular weight is 392 g/mol. The number of hydrogen-bond donors (Lipinski definition) is 1. The van der Waals surface area contributed by atoms with Crippen LogP contribution in [0, 0.1) is 0 Å². The van der Waals surface area contributed by atoms with Gasteiger partial charge in [0, 0.05) is 6.20 Å². The predicted octanol–water partition coefficient (Wildman–Crippen LogP) is 3.54. The number of carbonyl (C=O) groups excluding carboxylic acids is 1. The van der Waals surface area contributed by atoms with E-state index in [2.05, 4.69) is 26.2 Å². The molecular formula is C17H18BrN3O3. The molecule has 7 heteroatoms. The van der Waals surface area contributed by atoms with Gasteiger partial charge in [0.25, 0.3) is 0 Å². The molecule has 0 bridgehead atoms. The second-order valence-corrected chi connectivity index (χ2v) is 6.15. The molecule has 2 aromatic rings. The topological polar surface area (TPSA) is 63.7 Å². The molecule has 0 spiro atoms. The molecule has 0 radical (unpaired) electrons. The number of nitrogens with zero attached hydrogens (tertiary/aromatic N) is 2. The third-order valence-electron chi connectivity index (χ3n) is 3.57. The number of likely N-dealkylation sites (tertiary alicyclic amines) is 1. The summed E-state index contributed by atoms with van der Waals surface area (Å²) in [7, 11) is 0. The van der Waals surface area contributed by atoms with Gasteiger partial charge in [0.15, 0.2) is 0 Å². The van der Waals surface area contributed by atoms with E-state index in [1.807, 2.05) is 43.3 Å². The molecule has 1 N–H and O–H groups in total. The molecule has 1 aliphatic rings. The van der Waals surface area contributed by atoms with Crippen molar-refractivity contribution < 1.29 is 14.3 Å². The number of para-hydroxylation sites is 2. The molecule has 2 heterocycles. The Hall–Kier alpha value is -2.28. The van der Waals surface area contributed by atoms with Crippen molar-refractivity contribution in [1.29, 1.82) is 0 Å². The van der Waals surface area contributed by atoms with Crippen LogP contribution < -0.4 is 14.8 Å². The number of nitrogens with one attached hydrogen (secondary N) is 1. The maximum Gasteiger partial charge on any atom is 0.322 e. The smallest absolute Gasteiger partial charge is 0.322 e. The highest BCUT2D eigenvalue weighted by molar-refractivity contribution is 9.10. The van der Waals surface area contributed by atoms with E-state index in [-0.39, 0.29) is 12.1 Å². The molecule has 24 heavy (non-hydrogen) atoms. The van der Waals surface area contributed by atoms with Gasteiger partial charge >= 0.3 is 6.03 Å². The number of carbonyl (C=O) groups is 1. The van der Waals surface area contributed by atoms with Gasteiger partial charge in [0.05, 0.1) is 29.9 Å². The van der Waals surface area contributed by atoms with E-state index in [1.54, 1.807) is 11.1 Å². The zero-order valence-electron chi connectivity index (χ0n) is 13.2. The first kappa shape index (κ1) is 16.6. The lowest BCUT2D eigenvalue weighted by atomic mass is 10.2. The fraction of sp³-hybridized carbons (Fsp3) is 0.294. The van der Waals surface area contributed by atoms with Crippen LogP contribution in [-0.2, 0) is 0 Å². The quantitative estimate of drug-likeness (QED) is 0.846. The Morgan fingerprint density at radius 1 is 1.33 bits per heavy atom. The monoisotopic (exact) mass is 391 g/mol. The second kappa shape index (κ2) is 7.53. The average Bonchev–Trinajstić information content (AvgIpc) is 2.54. The van der Waals surface area contributed by atoms with Gasteiger partial charge < -0.3 is 19.7 Å². The Balaban J connectivity index is 1.53. The normalized spacial score (nSPS) is 14.0.